The van der Waals surface area contributed by atoms with Gasteiger partial charge in [0.05, 0.1) is 5.56 Å². The van der Waals surface area contributed by atoms with Crippen molar-refractivity contribution in [1.29, 1.82) is 0 Å². The van der Waals surface area contributed by atoms with Crippen molar-refractivity contribution in [3.63, 3.8) is 0 Å². The van der Waals surface area contributed by atoms with Crippen LogP contribution in [0.2, 0.25) is 0 Å². The number of carbonyl (C=O) groups excluding carboxylic acids is 2. The maximum atomic E-state index is 12.3. The van der Waals surface area contributed by atoms with E-state index in [1.54, 1.807) is 20.8 Å². The molecule has 120 valence electrons. The number of rotatable bonds is 4. The number of hydrogen-bond donors (Lipinski definition) is 2. The second-order valence-corrected chi connectivity index (χ2v) is 7.56. The van der Waals surface area contributed by atoms with Crippen molar-refractivity contribution < 1.29 is 18.0 Å². The molecule has 22 heavy (non-hydrogen) atoms. The number of nitrogens with one attached hydrogen (secondary N) is 1. The van der Waals surface area contributed by atoms with Crippen molar-refractivity contribution in [2.45, 2.75) is 31.2 Å². The van der Waals surface area contributed by atoms with Crippen LogP contribution in [0.25, 0.3) is 0 Å². The lowest BCUT2D eigenvalue weighted by Gasteiger charge is -2.24. The summed E-state index contributed by atoms with van der Waals surface area (Å²) in [6, 6.07) is 4.04. The number of carbonyl (C=O) groups is 2. The van der Waals surface area contributed by atoms with Crippen LogP contribution in [0.15, 0.2) is 23.1 Å². The SMILES string of the molecule is CCN1C(=O)c2ccc(C(=O)NC(C)(C)CN)cc2S1(=O)=O. The van der Waals surface area contributed by atoms with Crippen molar-refractivity contribution in [3.05, 3.63) is 29.3 Å². The second-order valence-electron chi connectivity index (χ2n) is 5.73. The van der Waals surface area contributed by atoms with Gasteiger partial charge in [0, 0.05) is 24.2 Å². The second kappa shape index (κ2) is 5.36. The first-order valence-electron chi connectivity index (χ1n) is 6.88. The largest absolute Gasteiger partial charge is 0.346 e. The van der Waals surface area contributed by atoms with Crippen molar-refractivity contribution >= 4 is 21.8 Å². The van der Waals surface area contributed by atoms with Crippen LogP contribution in [0.1, 0.15) is 41.5 Å². The van der Waals surface area contributed by atoms with Crippen LogP contribution >= 0.6 is 0 Å². The Hall–Kier alpha value is -1.93. The molecule has 0 unspecified atom stereocenters. The Morgan fingerprint density at radius 3 is 2.55 bits per heavy atom. The van der Waals surface area contributed by atoms with E-state index in [9.17, 15) is 18.0 Å². The molecule has 0 atom stereocenters. The Morgan fingerprint density at radius 2 is 2.00 bits per heavy atom. The molecule has 1 aromatic rings. The zero-order valence-corrected chi connectivity index (χ0v) is 13.5. The first kappa shape index (κ1) is 16.4. The maximum absolute atomic E-state index is 12.3. The highest BCUT2D eigenvalue weighted by atomic mass is 32.2. The minimum Gasteiger partial charge on any atom is -0.346 e. The highest BCUT2D eigenvalue weighted by Gasteiger charge is 2.40. The van der Waals surface area contributed by atoms with E-state index in [0.717, 1.165) is 4.31 Å². The number of fused-ring (bicyclic) bond motifs is 1. The molecular weight excluding hydrogens is 306 g/mol. The molecule has 1 aliphatic heterocycles. The number of benzene rings is 1. The third kappa shape index (κ3) is 2.59. The molecule has 2 rings (SSSR count). The minimum atomic E-state index is -3.87. The Labute approximate surface area is 129 Å². The molecule has 7 nitrogen and oxygen atoms in total. The molecule has 2 amide bonds. The Balaban J connectivity index is 2.43. The van der Waals surface area contributed by atoms with Crippen LogP contribution in [0.4, 0.5) is 0 Å². The predicted molar refractivity (Wildman–Crippen MR) is 80.9 cm³/mol. The Morgan fingerprint density at radius 1 is 1.36 bits per heavy atom. The highest BCUT2D eigenvalue weighted by molar-refractivity contribution is 7.90. The topological polar surface area (TPSA) is 110 Å². The monoisotopic (exact) mass is 325 g/mol. The smallest absolute Gasteiger partial charge is 0.268 e. The molecule has 1 aliphatic rings. The van der Waals surface area contributed by atoms with Gasteiger partial charge in [-0.2, -0.15) is 0 Å². The minimum absolute atomic E-state index is 0.0532. The summed E-state index contributed by atoms with van der Waals surface area (Å²) in [5, 5.41) is 2.72. The van der Waals surface area contributed by atoms with Crippen LogP contribution in [-0.2, 0) is 10.0 Å². The van der Waals surface area contributed by atoms with E-state index in [1.165, 1.54) is 18.2 Å². The molecule has 3 N–H and O–H groups in total. The molecule has 0 aromatic heterocycles. The molecule has 0 aliphatic carbocycles. The van der Waals surface area contributed by atoms with Gasteiger partial charge in [-0.15, -0.1) is 0 Å². The fourth-order valence-corrected chi connectivity index (χ4v) is 3.76. The van der Waals surface area contributed by atoms with E-state index in [0.29, 0.717) is 0 Å². The van der Waals surface area contributed by atoms with Crippen LogP contribution in [0.3, 0.4) is 0 Å². The lowest BCUT2D eigenvalue weighted by Crippen LogP contribution is -2.48. The van der Waals surface area contributed by atoms with Gasteiger partial charge in [0.15, 0.2) is 0 Å². The zero-order valence-electron chi connectivity index (χ0n) is 12.7. The van der Waals surface area contributed by atoms with Gasteiger partial charge in [-0.25, -0.2) is 12.7 Å². The average molecular weight is 325 g/mol. The number of hydrogen-bond acceptors (Lipinski definition) is 5. The third-order valence-corrected chi connectivity index (χ3v) is 5.42. The van der Waals surface area contributed by atoms with Crippen LogP contribution < -0.4 is 11.1 Å². The molecule has 8 heteroatoms. The summed E-state index contributed by atoms with van der Waals surface area (Å²) < 4.78 is 25.4. The summed E-state index contributed by atoms with van der Waals surface area (Å²) in [6.07, 6.45) is 0. The average Bonchev–Trinajstić information content (AvgIpc) is 2.65. The standard InChI is InChI=1S/C14H19N3O4S/c1-4-17-13(19)10-6-5-9(7-11(10)22(17,20)21)12(18)16-14(2,3)8-15/h5-7H,4,8,15H2,1-3H3,(H,16,18). The van der Waals surface area contributed by atoms with Crippen molar-refractivity contribution in [2.75, 3.05) is 13.1 Å². The quantitative estimate of drug-likeness (QED) is 0.828. The predicted octanol–water partition coefficient (Wildman–Crippen LogP) is 0.318. The molecule has 0 radical (unpaired) electrons. The summed E-state index contributed by atoms with van der Waals surface area (Å²) >= 11 is 0. The lowest BCUT2D eigenvalue weighted by atomic mass is 10.0. The van der Waals surface area contributed by atoms with E-state index in [4.69, 9.17) is 5.73 Å². The molecule has 0 bridgehead atoms. The lowest BCUT2D eigenvalue weighted by molar-refractivity contribution is 0.0872. The van der Waals surface area contributed by atoms with Crippen molar-refractivity contribution in [3.8, 4) is 0 Å². The first-order chi connectivity index (χ1) is 10.1. The van der Waals surface area contributed by atoms with E-state index < -0.39 is 27.4 Å². The summed E-state index contributed by atoms with van der Waals surface area (Å²) in [6.45, 7) is 5.40. The van der Waals surface area contributed by atoms with Gasteiger partial charge in [0.25, 0.3) is 21.8 Å². The molecule has 1 aromatic carbocycles. The van der Waals surface area contributed by atoms with E-state index in [1.807, 2.05) is 0 Å². The zero-order chi connectivity index (χ0) is 16.7. The van der Waals surface area contributed by atoms with Gasteiger partial charge in [0.2, 0.25) is 0 Å². The van der Waals surface area contributed by atoms with Crippen LogP contribution in [-0.4, -0.2) is 43.2 Å². The van der Waals surface area contributed by atoms with Gasteiger partial charge >= 0.3 is 0 Å². The first-order valence-corrected chi connectivity index (χ1v) is 8.32. The van der Waals surface area contributed by atoms with Crippen molar-refractivity contribution in [2.24, 2.45) is 5.73 Å². The van der Waals surface area contributed by atoms with Gasteiger partial charge in [-0.1, -0.05) is 0 Å². The molecule has 0 spiro atoms. The normalized spacial score (nSPS) is 16.5. The number of amides is 2. The van der Waals surface area contributed by atoms with Crippen LogP contribution in [0, 0.1) is 0 Å². The molecular formula is C14H19N3O4S. The van der Waals surface area contributed by atoms with E-state index >= 15 is 0 Å². The summed E-state index contributed by atoms with van der Waals surface area (Å²) in [5.41, 5.74) is 5.22. The van der Waals surface area contributed by atoms with Gasteiger partial charge in [-0.05, 0) is 39.0 Å². The number of nitrogens with two attached hydrogens (primary N) is 1. The molecule has 1 heterocycles. The van der Waals surface area contributed by atoms with E-state index in [2.05, 4.69) is 5.32 Å². The summed E-state index contributed by atoms with van der Waals surface area (Å²) in [5.74, 6) is -0.998. The third-order valence-electron chi connectivity index (χ3n) is 3.52. The molecule has 0 saturated heterocycles. The summed E-state index contributed by atoms with van der Waals surface area (Å²) in [7, 11) is -3.87. The van der Waals surface area contributed by atoms with E-state index in [-0.39, 0.29) is 29.1 Å². The Kier molecular flexibility index (Phi) is 4.01. The number of sulfonamides is 1. The number of nitrogens with zero attached hydrogens (tertiary/aromatic N) is 1. The fourth-order valence-electron chi connectivity index (χ4n) is 2.16. The van der Waals surface area contributed by atoms with Crippen molar-refractivity contribution in [1.82, 2.24) is 9.62 Å². The van der Waals surface area contributed by atoms with Crippen LogP contribution in [0.5, 0.6) is 0 Å². The summed E-state index contributed by atoms with van der Waals surface area (Å²) in [4.78, 5) is 24.1. The molecule has 0 saturated carbocycles. The highest BCUT2D eigenvalue weighted by Crippen LogP contribution is 2.30. The Bertz CT molecular complexity index is 740. The van der Waals surface area contributed by atoms with Gasteiger partial charge in [0.1, 0.15) is 4.90 Å². The van der Waals surface area contributed by atoms with Gasteiger partial charge in [-0.3, -0.25) is 9.59 Å². The fraction of sp³-hybridized carbons (Fsp3) is 0.429. The maximum Gasteiger partial charge on any atom is 0.268 e. The van der Waals surface area contributed by atoms with Gasteiger partial charge < -0.3 is 11.1 Å². The molecule has 0 fully saturated rings.